The number of nitrogens with one attached hydrogen (secondary N) is 1. The lowest BCUT2D eigenvalue weighted by Gasteiger charge is -2.34. The lowest BCUT2D eigenvalue weighted by molar-refractivity contribution is -0.129. The minimum Gasteiger partial charge on any atom is -0.450 e. The molecule has 1 aliphatic rings. The fraction of sp³-hybridized carbons (Fsp3) is 0.308. The first-order chi connectivity index (χ1) is 17.5. The number of benzene rings is 2. The number of carbonyl (C=O) groups excluding carboxylic acids is 2. The third kappa shape index (κ3) is 4.81. The number of thioether (sulfide) groups is 1. The Hall–Kier alpha value is -3.79. The van der Waals surface area contributed by atoms with Crippen LogP contribution in [0.1, 0.15) is 12.5 Å². The van der Waals surface area contributed by atoms with Crippen LogP contribution in [0, 0.1) is 6.92 Å². The fourth-order valence-corrected chi connectivity index (χ4v) is 5.22. The van der Waals surface area contributed by atoms with Gasteiger partial charge in [-0.25, -0.2) is 4.79 Å². The summed E-state index contributed by atoms with van der Waals surface area (Å²) in [5.41, 5.74) is 4.04. The Bertz CT molecular complexity index is 1390. The standard InChI is InChI=1S/C26H28N6O3S/c1-3-35-26(34)31-13-11-30(12-14-31)23(33)17-36-25-29-28-24(32(25)19-8-6-7-18(2)15-19)21-16-27-22-10-5-4-9-20(21)22/h4-10,15-16,27H,3,11-14,17H2,1-2H3. The van der Waals surface area contributed by atoms with Gasteiger partial charge in [0.2, 0.25) is 5.91 Å². The maximum atomic E-state index is 13.0. The van der Waals surface area contributed by atoms with E-state index in [2.05, 4.69) is 27.3 Å². The number of para-hydroxylation sites is 1. The Morgan fingerprint density at radius 2 is 1.81 bits per heavy atom. The molecule has 4 aromatic rings. The predicted molar refractivity (Wildman–Crippen MR) is 139 cm³/mol. The summed E-state index contributed by atoms with van der Waals surface area (Å²) in [6.07, 6.45) is 1.62. The summed E-state index contributed by atoms with van der Waals surface area (Å²) < 4.78 is 7.08. The number of rotatable bonds is 6. The molecule has 2 aromatic carbocycles. The first-order valence-electron chi connectivity index (χ1n) is 12.0. The molecule has 1 saturated heterocycles. The Kier molecular flexibility index (Phi) is 6.95. The van der Waals surface area contributed by atoms with E-state index in [-0.39, 0.29) is 17.8 Å². The van der Waals surface area contributed by atoms with Gasteiger partial charge in [-0.3, -0.25) is 9.36 Å². The number of aromatic nitrogens is 4. The van der Waals surface area contributed by atoms with E-state index in [4.69, 9.17) is 4.74 Å². The van der Waals surface area contributed by atoms with Gasteiger partial charge in [-0.1, -0.05) is 42.1 Å². The summed E-state index contributed by atoms with van der Waals surface area (Å²) in [5, 5.41) is 10.7. The number of nitrogens with zero attached hydrogens (tertiary/aromatic N) is 5. The van der Waals surface area contributed by atoms with Gasteiger partial charge in [-0.15, -0.1) is 10.2 Å². The molecule has 1 fully saturated rings. The number of fused-ring (bicyclic) bond motifs is 1. The summed E-state index contributed by atoms with van der Waals surface area (Å²) in [4.78, 5) is 31.7. The van der Waals surface area contributed by atoms with Crippen LogP contribution in [-0.4, -0.2) is 80.1 Å². The molecule has 1 aliphatic heterocycles. The minimum atomic E-state index is -0.324. The molecule has 5 rings (SSSR count). The maximum absolute atomic E-state index is 13.0. The van der Waals surface area contributed by atoms with E-state index in [1.54, 1.807) is 16.7 Å². The number of amides is 2. The van der Waals surface area contributed by atoms with E-state index >= 15 is 0 Å². The molecule has 9 nitrogen and oxygen atoms in total. The van der Waals surface area contributed by atoms with Crippen molar-refractivity contribution in [2.45, 2.75) is 19.0 Å². The molecule has 0 aliphatic carbocycles. The van der Waals surface area contributed by atoms with Gasteiger partial charge in [-0.2, -0.15) is 0 Å². The summed E-state index contributed by atoms with van der Waals surface area (Å²) in [5.74, 6) is 0.962. The molecule has 0 bridgehead atoms. The Morgan fingerprint density at radius 3 is 2.58 bits per heavy atom. The van der Waals surface area contributed by atoms with Crippen LogP contribution in [0.2, 0.25) is 0 Å². The molecule has 2 amide bonds. The van der Waals surface area contributed by atoms with Crippen molar-refractivity contribution in [1.29, 1.82) is 0 Å². The maximum Gasteiger partial charge on any atom is 0.409 e. The Morgan fingerprint density at radius 1 is 1.03 bits per heavy atom. The van der Waals surface area contributed by atoms with E-state index in [1.165, 1.54) is 11.8 Å². The number of hydrogen-bond donors (Lipinski definition) is 1. The van der Waals surface area contributed by atoms with Crippen LogP contribution < -0.4 is 0 Å². The van der Waals surface area contributed by atoms with Crippen molar-refractivity contribution >= 4 is 34.7 Å². The van der Waals surface area contributed by atoms with Crippen LogP contribution in [0.4, 0.5) is 4.79 Å². The second-order valence-electron chi connectivity index (χ2n) is 8.58. The number of piperazine rings is 1. The number of hydrogen-bond acceptors (Lipinski definition) is 6. The summed E-state index contributed by atoms with van der Waals surface area (Å²) in [7, 11) is 0. The van der Waals surface area contributed by atoms with Crippen LogP contribution >= 0.6 is 11.8 Å². The molecule has 186 valence electrons. The lowest BCUT2D eigenvalue weighted by atomic mass is 10.1. The minimum absolute atomic E-state index is 0.0101. The smallest absolute Gasteiger partial charge is 0.409 e. The molecule has 36 heavy (non-hydrogen) atoms. The van der Waals surface area contributed by atoms with Gasteiger partial charge in [0.05, 0.1) is 12.4 Å². The number of aryl methyl sites for hydroxylation is 1. The lowest BCUT2D eigenvalue weighted by Crippen LogP contribution is -2.51. The molecule has 10 heteroatoms. The highest BCUT2D eigenvalue weighted by Crippen LogP contribution is 2.32. The first kappa shape index (κ1) is 23.9. The van der Waals surface area contributed by atoms with Crippen molar-refractivity contribution in [1.82, 2.24) is 29.5 Å². The quantitative estimate of drug-likeness (QED) is 0.397. The van der Waals surface area contributed by atoms with Gasteiger partial charge in [0, 0.05) is 54.5 Å². The zero-order valence-corrected chi connectivity index (χ0v) is 21.1. The highest BCUT2D eigenvalue weighted by Gasteiger charge is 2.26. The van der Waals surface area contributed by atoms with Gasteiger partial charge in [0.15, 0.2) is 11.0 Å². The number of ether oxygens (including phenoxy) is 1. The molecule has 0 saturated carbocycles. The van der Waals surface area contributed by atoms with Crippen molar-refractivity contribution < 1.29 is 14.3 Å². The largest absolute Gasteiger partial charge is 0.450 e. The molecule has 0 radical (unpaired) electrons. The van der Waals surface area contributed by atoms with Gasteiger partial charge in [0.25, 0.3) is 0 Å². The zero-order chi connectivity index (χ0) is 25.1. The van der Waals surface area contributed by atoms with E-state index in [1.807, 2.05) is 54.1 Å². The second-order valence-corrected chi connectivity index (χ2v) is 9.53. The monoisotopic (exact) mass is 504 g/mol. The summed E-state index contributed by atoms with van der Waals surface area (Å²) in [6.45, 7) is 6.10. The molecule has 1 N–H and O–H groups in total. The third-order valence-electron chi connectivity index (χ3n) is 6.21. The molecular weight excluding hydrogens is 476 g/mol. The van der Waals surface area contributed by atoms with Crippen LogP contribution in [0.25, 0.3) is 28.0 Å². The third-order valence-corrected chi connectivity index (χ3v) is 7.12. The average Bonchev–Trinajstić information content (AvgIpc) is 3.51. The second kappa shape index (κ2) is 10.4. The van der Waals surface area contributed by atoms with Crippen LogP contribution in [-0.2, 0) is 9.53 Å². The van der Waals surface area contributed by atoms with E-state index in [9.17, 15) is 9.59 Å². The van der Waals surface area contributed by atoms with E-state index in [0.29, 0.717) is 37.9 Å². The highest BCUT2D eigenvalue weighted by atomic mass is 32.2. The Balaban J connectivity index is 1.37. The molecule has 2 aromatic heterocycles. The summed E-state index contributed by atoms with van der Waals surface area (Å²) in [6, 6.07) is 16.2. The van der Waals surface area contributed by atoms with Crippen LogP contribution in [0.15, 0.2) is 59.9 Å². The molecule has 0 atom stereocenters. The molecule has 0 unspecified atom stereocenters. The van der Waals surface area contributed by atoms with Crippen molar-refractivity contribution in [2.75, 3.05) is 38.5 Å². The average molecular weight is 505 g/mol. The first-order valence-corrected chi connectivity index (χ1v) is 12.9. The molecule has 0 spiro atoms. The zero-order valence-electron chi connectivity index (χ0n) is 20.3. The Labute approximate surface area is 213 Å². The molecular formula is C26H28N6O3S. The number of carbonyl (C=O) groups is 2. The topological polar surface area (TPSA) is 96.3 Å². The summed E-state index contributed by atoms with van der Waals surface area (Å²) >= 11 is 1.37. The van der Waals surface area contributed by atoms with Crippen molar-refractivity contribution in [2.24, 2.45) is 0 Å². The van der Waals surface area contributed by atoms with Crippen molar-refractivity contribution in [3.05, 3.63) is 60.3 Å². The predicted octanol–water partition coefficient (Wildman–Crippen LogP) is 4.12. The molecule has 3 heterocycles. The van der Waals surface area contributed by atoms with Gasteiger partial charge in [0.1, 0.15) is 0 Å². The van der Waals surface area contributed by atoms with Gasteiger partial charge >= 0.3 is 6.09 Å². The number of H-pyrrole nitrogens is 1. The van der Waals surface area contributed by atoms with Crippen molar-refractivity contribution in [3.63, 3.8) is 0 Å². The van der Waals surface area contributed by atoms with Gasteiger partial charge in [-0.05, 0) is 37.6 Å². The number of aromatic amines is 1. The normalized spacial score (nSPS) is 13.8. The highest BCUT2D eigenvalue weighted by molar-refractivity contribution is 7.99. The van der Waals surface area contributed by atoms with Crippen LogP contribution in [0.5, 0.6) is 0 Å². The van der Waals surface area contributed by atoms with E-state index < -0.39 is 0 Å². The van der Waals surface area contributed by atoms with E-state index in [0.717, 1.165) is 33.5 Å². The van der Waals surface area contributed by atoms with Crippen LogP contribution in [0.3, 0.4) is 0 Å². The van der Waals surface area contributed by atoms with Gasteiger partial charge < -0.3 is 19.5 Å². The SMILES string of the molecule is CCOC(=O)N1CCN(C(=O)CSc2nnc(-c3c[nH]c4ccccc34)n2-c2cccc(C)c2)CC1. The fourth-order valence-electron chi connectivity index (χ4n) is 4.36. The van der Waals surface area contributed by atoms with Crippen molar-refractivity contribution in [3.8, 4) is 17.1 Å².